The average molecular weight is 459 g/mol. The lowest BCUT2D eigenvalue weighted by molar-refractivity contribution is 0.618. The lowest BCUT2D eigenvalue weighted by atomic mass is 9.84. The molecule has 0 N–H and O–H groups in total. The second-order valence-corrected chi connectivity index (χ2v) is 9.25. The summed E-state index contributed by atoms with van der Waals surface area (Å²) in [5, 5.41) is 0. The maximum absolute atomic E-state index is 5.60. The highest BCUT2D eigenvalue weighted by atomic mass is 35.5. The zero-order valence-electron chi connectivity index (χ0n) is 18.2. The fraction of sp³-hybridized carbons (Fsp3) is 0.172. The van der Waals surface area contributed by atoms with Gasteiger partial charge in [0.1, 0.15) is 17.6 Å². The van der Waals surface area contributed by atoms with E-state index in [1.165, 1.54) is 27.8 Å². The quantitative estimate of drug-likeness (QED) is 0.234. The highest BCUT2D eigenvalue weighted by Crippen LogP contribution is 2.48. The summed E-state index contributed by atoms with van der Waals surface area (Å²) in [4.78, 5) is 0. The van der Waals surface area contributed by atoms with Crippen LogP contribution in [-0.4, -0.2) is 5.75 Å². The van der Waals surface area contributed by atoms with Gasteiger partial charge in [-0.25, -0.2) is 0 Å². The summed E-state index contributed by atoms with van der Waals surface area (Å²) in [6, 6.07) is 38.7. The van der Waals surface area contributed by atoms with Gasteiger partial charge in [-0.05, 0) is 58.5 Å². The van der Waals surface area contributed by atoms with Crippen LogP contribution in [0.2, 0.25) is 0 Å². The molecule has 0 atom stereocenters. The van der Waals surface area contributed by atoms with Gasteiger partial charge in [0.15, 0.2) is 0 Å². The van der Waals surface area contributed by atoms with E-state index in [0.717, 1.165) is 18.6 Å². The Labute approximate surface area is 200 Å². The molecule has 0 aromatic heterocycles. The topological polar surface area (TPSA) is 9.23 Å². The van der Waals surface area contributed by atoms with Crippen LogP contribution in [0.5, 0.6) is 5.75 Å². The molecule has 0 heterocycles. The largest absolute Gasteiger partial charge is 0.386 e. The summed E-state index contributed by atoms with van der Waals surface area (Å²) in [7, 11) is 0. The predicted octanol–water partition coefficient (Wildman–Crippen LogP) is 8.05. The van der Waals surface area contributed by atoms with Crippen molar-refractivity contribution in [2.24, 2.45) is 0 Å². The van der Waals surface area contributed by atoms with Crippen LogP contribution in [0.15, 0.2) is 109 Å². The lowest BCUT2D eigenvalue weighted by Gasteiger charge is -2.35. The monoisotopic (exact) mass is 458 g/mol. The van der Waals surface area contributed by atoms with Crippen LogP contribution in [-0.2, 0) is 17.6 Å². The standard InChI is InChI=1S/C29H27ClOS/c1-2-23-13-15-24(16-14-23)21-22-32-29(25-9-5-3-6-10-25,26-11-7-4-8-12-26)27-17-19-28(31-30)20-18-27/h3-20H,2,21-22H2,1H3. The van der Waals surface area contributed by atoms with E-state index in [1.54, 1.807) is 0 Å². The Hall–Kier alpha value is -2.68. The minimum absolute atomic E-state index is 0.337. The highest BCUT2D eigenvalue weighted by molar-refractivity contribution is 8.00. The Bertz CT molecular complexity index is 1050. The van der Waals surface area contributed by atoms with Gasteiger partial charge in [-0.3, -0.25) is 0 Å². The minimum Gasteiger partial charge on any atom is -0.386 e. The maximum atomic E-state index is 5.60. The SMILES string of the molecule is CCc1ccc(CCSC(c2ccccc2)(c2ccccc2)c2ccc(OCl)cc2)cc1. The Morgan fingerprint density at radius 1 is 0.656 bits per heavy atom. The third-order valence-electron chi connectivity index (χ3n) is 5.85. The van der Waals surface area contributed by atoms with Gasteiger partial charge in [0, 0.05) is 0 Å². The van der Waals surface area contributed by atoms with Crippen LogP contribution in [0.25, 0.3) is 0 Å². The van der Waals surface area contributed by atoms with Gasteiger partial charge in [-0.15, -0.1) is 11.8 Å². The molecule has 3 heteroatoms. The molecule has 4 aromatic carbocycles. The van der Waals surface area contributed by atoms with Crippen molar-refractivity contribution < 1.29 is 4.29 Å². The normalized spacial score (nSPS) is 11.3. The molecule has 0 radical (unpaired) electrons. The first-order valence-electron chi connectivity index (χ1n) is 11.0. The number of benzene rings is 4. The van der Waals surface area contributed by atoms with Crippen molar-refractivity contribution in [3.05, 3.63) is 137 Å². The van der Waals surface area contributed by atoms with Gasteiger partial charge in [-0.2, -0.15) is 0 Å². The summed E-state index contributed by atoms with van der Waals surface area (Å²) >= 11 is 7.57. The number of thioether (sulfide) groups is 1. The van der Waals surface area contributed by atoms with Crippen molar-refractivity contribution in [1.29, 1.82) is 0 Å². The summed E-state index contributed by atoms with van der Waals surface area (Å²) in [6.45, 7) is 2.19. The molecule has 0 aliphatic carbocycles. The Balaban J connectivity index is 1.74. The Morgan fingerprint density at radius 2 is 1.16 bits per heavy atom. The molecule has 0 bridgehead atoms. The summed E-state index contributed by atoms with van der Waals surface area (Å²) in [5.74, 6) is 1.63. The number of halogens is 1. The number of hydrogen-bond acceptors (Lipinski definition) is 2. The van der Waals surface area contributed by atoms with Crippen LogP contribution < -0.4 is 4.29 Å². The fourth-order valence-electron chi connectivity index (χ4n) is 4.10. The number of aryl methyl sites for hydroxylation is 2. The van der Waals surface area contributed by atoms with E-state index < -0.39 is 0 Å². The van der Waals surface area contributed by atoms with Gasteiger partial charge >= 0.3 is 0 Å². The Morgan fingerprint density at radius 3 is 1.66 bits per heavy atom. The van der Waals surface area contributed by atoms with Crippen molar-refractivity contribution >= 4 is 23.6 Å². The molecule has 0 spiro atoms. The first-order chi connectivity index (χ1) is 15.8. The molecule has 0 amide bonds. The molecule has 0 aliphatic rings. The van der Waals surface area contributed by atoms with Gasteiger partial charge in [0.05, 0.1) is 4.75 Å². The zero-order valence-corrected chi connectivity index (χ0v) is 19.8. The van der Waals surface area contributed by atoms with E-state index in [9.17, 15) is 0 Å². The molecule has 0 saturated heterocycles. The van der Waals surface area contributed by atoms with Crippen molar-refractivity contribution in [3.8, 4) is 5.75 Å². The van der Waals surface area contributed by atoms with Crippen LogP contribution >= 0.6 is 23.6 Å². The molecule has 32 heavy (non-hydrogen) atoms. The van der Waals surface area contributed by atoms with E-state index in [0.29, 0.717) is 5.75 Å². The van der Waals surface area contributed by atoms with E-state index in [4.69, 9.17) is 16.2 Å². The summed E-state index contributed by atoms with van der Waals surface area (Å²) in [5.41, 5.74) is 6.48. The molecular formula is C29H27ClOS. The molecule has 0 fully saturated rings. The van der Waals surface area contributed by atoms with Crippen molar-refractivity contribution in [1.82, 2.24) is 0 Å². The second kappa shape index (κ2) is 10.8. The molecular weight excluding hydrogens is 432 g/mol. The van der Waals surface area contributed by atoms with Crippen molar-refractivity contribution in [2.75, 3.05) is 5.75 Å². The van der Waals surface area contributed by atoms with Crippen LogP contribution in [0.1, 0.15) is 34.7 Å². The fourth-order valence-corrected chi connectivity index (χ4v) is 5.76. The smallest absolute Gasteiger partial charge is 0.146 e. The summed E-state index contributed by atoms with van der Waals surface area (Å²) < 4.78 is 4.58. The van der Waals surface area contributed by atoms with Crippen LogP contribution in [0, 0.1) is 0 Å². The number of hydrogen-bond donors (Lipinski definition) is 0. The lowest BCUT2D eigenvalue weighted by Crippen LogP contribution is -2.26. The van der Waals surface area contributed by atoms with Gasteiger partial charge < -0.3 is 4.29 Å². The van der Waals surface area contributed by atoms with Gasteiger partial charge in [0.25, 0.3) is 0 Å². The minimum atomic E-state index is -0.337. The van der Waals surface area contributed by atoms with Crippen molar-refractivity contribution in [3.63, 3.8) is 0 Å². The highest BCUT2D eigenvalue weighted by Gasteiger charge is 2.36. The van der Waals surface area contributed by atoms with E-state index in [-0.39, 0.29) is 4.75 Å². The van der Waals surface area contributed by atoms with Crippen LogP contribution in [0.3, 0.4) is 0 Å². The number of rotatable bonds is 9. The van der Waals surface area contributed by atoms with Gasteiger partial charge in [0.2, 0.25) is 0 Å². The molecule has 4 rings (SSSR count). The van der Waals surface area contributed by atoms with Crippen molar-refractivity contribution in [2.45, 2.75) is 24.5 Å². The first-order valence-corrected chi connectivity index (χ1v) is 12.3. The molecule has 162 valence electrons. The molecule has 4 aromatic rings. The third kappa shape index (κ3) is 4.87. The predicted molar refractivity (Wildman–Crippen MR) is 138 cm³/mol. The van der Waals surface area contributed by atoms with E-state index in [1.807, 2.05) is 23.9 Å². The molecule has 0 saturated carbocycles. The maximum Gasteiger partial charge on any atom is 0.146 e. The average Bonchev–Trinajstić information content (AvgIpc) is 2.88. The van der Waals surface area contributed by atoms with Gasteiger partial charge in [-0.1, -0.05) is 104 Å². The van der Waals surface area contributed by atoms with E-state index >= 15 is 0 Å². The molecule has 0 aliphatic heterocycles. The first kappa shape index (κ1) is 22.5. The Kier molecular flexibility index (Phi) is 7.57. The summed E-state index contributed by atoms with van der Waals surface area (Å²) in [6.07, 6.45) is 2.08. The molecule has 1 nitrogen and oxygen atoms in total. The third-order valence-corrected chi connectivity index (χ3v) is 7.58. The molecule has 0 unspecified atom stereocenters. The zero-order chi connectivity index (χ0) is 22.2. The van der Waals surface area contributed by atoms with E-state index in [2.05, 4.69) is 104 Å². The van der Waals surface area contributed by atoms with Crippen LogP contribution in [0.4, 0.5) is 0 Å². The second-order valence-electron chi connectivity index (χ2n) is 7.78.